The maximum atomic E-state index is 12.3. The number of fused-ring (bicyclic) bond motifs is 1. The maximum Gasteiger partial charge on any atom is 0.337 e. The standard InChI is InChI=1S/C21H21N3O7S/c1-12-8-9-14(21(27)30-3)10-16(12)23-18(25)11-31-20(26)13(2)22-19-15-6-4-5-7-17(15)32(28,29)24-19/h4-10,13H,11H2,1-3H3,(H,22,24)(H,23,25)/t13-/m0/s1. The number of aliphatic imine (C=N–C) groups is 1. The second-order valence-electron chi connectivity index (χ2n) is 6.93. The molecule has 1 aliphatic heterocycles. The van der Waals surface area contributed by atoms with E-state index >= 15 is 0 Å². The van der Waals surface area contributed by atoms with Gasteiger partial charge in [-0.25, -0.2) is 18.0 Å². The third-order valence-electron chi connectivity index (χ3n) is 4.60. The molecule has 3 rings (SSSR count). The van der Waals surface area contributed by atoms with Crippen LogP contribution >= 0.6 is 0 Å². The highest BCUT2D eigenvalue weighted by Crippen LogP contribution is 2.22. The minimum Gasteiger partial charge on any atom is -0.465 e. The zero-order chi connectivity index (χ0) is 23.5. The number of esters is 2. The van der Waals surface area contributed by atoms with Crippen molar-refractivity contribution in [2.24, 2.45) is 4.99 Å². The zero-order valence-corrected chi connectivity index (χ0v) is 18.4. The van der Waals surface area contributed by atoms with E-state index in [0.29, 0.717) is 16.8 Å². The first-order valence-electron chi connectivity index (χ1n) is 9.48. The number of carbonyl (C=O) groups is 3. The number of aryl methyl sites for hydroxylation is 1. The molecule has 2 aromatic rings. The number of methoxy groups -OCH3 is 1. The van der Waals surface area contributed by atoms with Crippen LogP contribution in [-0.4, -0.2) is 51.9 Å². The lowest BCUT2D eigenvalue weighted by Gasteiger charge is -2.12. The van der Waals surface area contributed by atoms with Gasteiger partial charge in [0.2, 0.25) is 0 Å². The van der Waals surface area contributed by atoms with Crippen molar-refractivity contribution in [2.75, 3.05) is 19.0 Å². The van der Waals surface area contributed by atoms with Gasteiger partial charge in [0.15, 0.2) is 6.61 Å². The Hall–Kier alpha value is -3.73. The molecule has 0 aliphatic carbocycles. The van der Waals surface area contributed by atoms with Crippen molar-refractivity contribution in [3.05, 3.63) is 59.2 Å². The maximum absolute atomic E-state index is 12.3. The summed E-state index contributed by atoms with van der Waals surface area (Å²) in [4.78, 5) is 40.3. The van der Waals surface area contributed by atoms with Gasteiger partial charge in [-0.05, 0) is 43.7 Å². The van der Waals surface area contributed by atoms with Gasteiger partial charge in [-0.3, -0.25) is 14.5 Å². The van der Waals surface area contributed by atoms with Crippen LogP contribution in [0.2, 0.25) is 0 Å². The van der Waals surface area contributed by atoms with E-state index in [1.807, 2.05) is 0 Å². The Kier molecular flexibility index (Phi) is 6.58. The number of nitrogens with one attached hydrogen (secondary N) is 2. The van der Waals surface area contributed by atoms with Gasteiger partial charge in [-0.15, -0.1) is 0 Å². The van der Waals surface area contributed by atoms with Crippen LogP contribution in [0.15, 0.2) is 52.4 Å². The van der Waals surface area contributed by atoms with E-state index in [1.54, 1.807) is 37.3 Å². The lowest BCUT2D eigenvalue weighted by molar-refractivity contribution is -0.148. The Bertz CT molecular complexity index is 1220. The van der Waals surface area contributed by atoms with Crippen LogP contribution in [0.1, 0.15) is 28.4 Å². The Morgan fingerprint density at radius 3 is 2.59 bits per heavy atom. The quantitative estimate of drug-likeness (QED) is 0.622. The fraction of sp³-hybridized carbons (Fsp3) is 0.238. The number of anilines is 1. The number of nitrogens with zero attached hydrogens (tertiary/aromatic N) is 1. The van der Waals surface area contributed by atoms with Crippen molar-refractivity contribution >= 4 is 39.4 Å². The molecule has 1 aliphatic rings. The number of amidine groups is 1. The summed E-state index contributed by atoms with van der Waals surface area (Å²) in [5.41, 5.74) is 1.68. The summed E-state index contributed by atoms with van der Waals surface area (Å²) in [6, 6.07) is 9.85. The highest BCUT2D eigenvalue weighted by molar-refractivity contribution is 7.90. The number of hydrogen-bond donors (Lipinski definition) is 2. The molecular weight excluding hydrogens is 438 g/mol. The van der Waals surface area contributed by atoms with Gasteiger partial charge in [-0.1, -0.05) is 18.2 Å². The van der Waals surface area contributed by atoms with Crippen LogP contribution in [0.5, 0.6) is 0 Å². The average molecular weight is 459 g/mol. The molecule has 1 atom stereocenters. The molecule has 32 heavy (non-hydrogen) atoms. The predicted octanol–water partition coefficient (Wildman–Crippen LogP) is 1.39. The van der Waals surface area contributed by atoms with Crippen LogP contribution in [0, 0.1) is 6.92 Å². The molecule has 2 N–H and O–H groups in total. The van der Waals surface area contributed by atoms with E-state index in [1.165, 1.54) is 26.2 Å². The molecule has 0 radical (unpaired) electrons. The molecule has 0 fully saturated rings. The number of hydrogen-bond acceptors (Lipinski definition) is 8. The molecule has 0 unspecified atom stereocenters. The monoisotopic (exact) mass is 459 g/mol. The molecule has 0 saturated heterocycles. The van der Waals surface area contributed by atoms with E-state index < -0.39 is 40.5 Å². The second-order valence-corrected chi connectivity index (χ2v) is 8.58. The number of rotatable bonds is 6. The van der Waals surface area contributed by atoms with Gasteiger partial charge >= 0.3 is 11.9 Å². The van der Waals surface area contributed by atoms with E-state index in [4.69, 9.17) is 4.74 Å². The first-order chi connectivity index (χ1) is 15.1. The van der Waals surface area contributed by atoms with Crippen molar-refractivity contribution in [3.63, 3.8) is 0 Å². The van der Waals surface area contributed by atoms with Gasteiger partial charge < -0.3 is 14.8 Å². The molecule has 1 heterocycles. The van der Waals surface area contributed by atoms with Crippen LogP contribution in [0.25, 0.3) is 0 Å². The topological polar surface area (TPSA) is 140 Å². The zero-order valence-electron chi connectivity index (χ0n) is 17.5. The van der Waals surface area contributed by atoms with Crippen LogP contribution in [0.3, 0.4) is 0 Å². The third kappa shape index (κ3) is 4.94. The largest absolute Gasteiger partial charge is 0.465 e. The molecule has 0 saturated carbocycles. The summed E-state index contributed by atoms with van der Waals surface area (Å²) in [7, 11) is -2.48. The molecule has 0 bridgehead atoms. The first kappa shape index (κ1) is 22.9. The predicted molar refractivity (Wildman–Crippen MR) is 115 cm³/mol. The van der Waals surface area contributed by atoms with E-state index in [-0.39, 0.29) is 16.3 Å². The van der Waals surface area contributed by atoms with Gasteiger partial charge in [-0.2, -0.15) is 0 Å². The average Bonchev–Trinajstić information content (AvgIpc) is 3.03. The summed E-state index contributed by atoms with van der Waals surface area (Å²) in [6.45, 7) is 2.58. The molecule has 1 amide bonds. The first-order valence-corrected chi connectivity index (χ1v) is 11.0. The number of amides is 1. The molecule has 10 nitrogen and oxygen atoms in total. The third-order valence-corrected chi connectivity index (χ3v) is 6.00. The fourth-order valence-electron chi connectivity index (χ4n) is 2.92. The highest BCUT2D eigenvalue weighted by atomic mass is 32.2. The van der Waals surface area contributed by atoms with Gasteiger partial charge in [0.1, 0.15) is 11.9 Å². The van der Waals surface area contributed by atoms with Crippen molar-refractivity contribution in [1.29, 1.82) is 0 Å². The normalized spacial score (nSPS) is 15.9. The molecular formula is C21H21N3O7S. The van der Waals surface area contributed by atoms with Crippen LogP contribution < -0.4 is 10.0 Å². The van der Waals surface area contributed by atoms with Crippen LogP contribution in [-0.2, 0) is 29.1 Å². The summed E-state index contributed by atoms with van der Waals surface area (Å²) >= 11 is 0. The summed E-state index contributed by atoms with van der Waals surface area (Å²) in [6.07, 6.45) is 0. The Labute approximate surface area is 184 Å². The summed E-state index contributed by atoms with van der Waals surface area (Å²) in [5, 5.41) is 2.57. The van der Waals surface area contributed by atoms with E-state index in [0.717, 1.165) is 0 Å². The lowest BCUT2D eigenvalue weighted by atomic mass is 10.1. The molecule has 0 aromatic heterocycles. The SMILES string of the molecule is COC(=O)c1ccc(C)c(NC(=O)COC(=O)[C@H](C)N=C2NS(=O)(=O)c3ccccc32)c1. The minimum absolute atomic E-state index is 0.0322. The number of ether oxygens (including phenoxy) is 2. The summed E-state index contributed by atoms with van der Waals surface area (Å²) < 4.78 is 36.2. The number of sulfonamides is 1. The highest BCUT2D eigenvalue weighted by Gasteiger charge is 2.31. The van der Waals surface area contributed by atoms with Crippen LogP contribution in [0.4, 0.5) is 5.69 Å². The van der Waals surface area contributed by atoms with Gasteiger partial charge in [0.25, 0.3) is 15.9 Å². The van der Waals surface area contributed by atoms with Crippen molar-refractivity contribution < 1.29 is 32.3 Å². The van der Waals surface area contributed by atoms with Crippen molar-refractivity contribution in [3.8, 4) is 0 Å². The van der Waals surface area contributed by atoms with Gasteiger partial charge in [0, 0.05) is 11.3 Å². The Morgan fingerprint density at radius 2 is 1.88 bits per heavy atom. The Morgan fingerprint density at radius 1 is 1.16 bits per heavy atom. The van der Waals surface area contributed by atoms with E-state index in [9.17, 15) is 22.8 Å². The summed E-state index contributed by atoms with van der Waals surface area (Å²) in [5.74, 6) is -1.94. The van der Waals surface area contributed by atoms with E-state index in [2.05, 4.69) is 19.8 Å². The van der Waals surface area contributed by atoms with Crippen molar-refractivity contribution in [2.45, 2.75) is 24.8 Å². The number of carbonyl (C=O) groups excluding carboxylic acids is 3. The lowest BCUT2D eigenvalue weighted by Crippen LogP contribution is -2.29. The molecule has 0 spiro atoms. The second kappa shape index (κ2) is 9.18. The smallest absolute Gasteiger partial charge is 0.337 e. The molecule has 2 aromatic carbocycles. The number of benzene rings is 2. The fourth-order valence-corrected chi connectivity index (χ4v) is 4.16. The van der Waals surface area contributed by atoms with Gasteiger partial charge in [0.05, 0.1) is 17.6 Å². The van der Waals surface area contributed by atoms with Crippen molar-refractivity contribution in [1.82, 2.24) is 4.72 Å². The Balaban J connectivity index is 1.62. The molecule has 168 valence electrons. The minimum atomic E-state index is -3.73. The molecule has 11 heteroatoms.